The van der Waals surface area contributed by atoms with Crippen molar-refractivity contribution in [3.8, 4) is 0 Å². The molecule has 0 nitrogen and oxygen atoms in total. The van der Waals surface area contributed by atoms with E-state index in [4.69, 9.17) is 0 Å². The van der Waals surface area contributed by atoms with Crippen LogP contribution in [0.5, 0.6) is 0 Å². The molecule has 1 heteroatoms. The molecule has 0 amide bonds. The summed E-state index contributed by atoms with van der Waals surface area (Å²) in [5, 5.41) is 0. The van der Waals surface area contributed by atoms with Gasteiger partial charge < -0.3 is 0 Å². The molecule has 0 aromatic heterocycles. The van der Waals surface area contributed by atoms with Crippen molar-refractivity contribution in [2.75, 3.05) is 0 Å². The maximum atomic E-state index is 14.3. The van der Waals surface area contributed by atoms with Crippen LogP contribution in [-0.4, -0.2) is 0 Å². The van der Waals surface area contributed by atoms with Gasteiger partial charge in [0.1, 0.15) is 5.82 Å². The van der Waals surface area contributed by atoms with E-state index < -0.39 is 0 Å². The summed E-state index contributed by atoms with van der Waals surface area (Å²) in [5.41, 5.74) is 6.95. The molecule has 0 saturated carbocycles. The SMILES string of the molecule is C=C/C(=C\C(C=C(C)C)=C(C)C)c1ccc(CC(=C)C)c(F)c1. The van der Waals surface area contributed by atoms with Crippen LogP contribution in [0.3, 0.4) is 0 Å². The first kappa shape index (κ1) is 18.9. The minimum absolute atomic E-state index is 0.195. The second-order valence-electron chi connectivity index (χ2n) is 6.42. The second kappa shape index (κ2) is 8.47. The van der Waals surface area contributed by atoms with Crippen LogP contribution in [0.4, 0.5) is 4.39 Å². The van der Waals surface area contributed by atoms with Gasteiger partial charge in [0.05, 0.1) is 0 Å². The molecule has 1 aromatic carbocycles. The van der Waals surface area contributed by atoms with E-state index >= 15 is 0 Å². The summed E-state index contributed by atoms with van der Waals surface area (Å²) in [6.07, 6.45) is 6.53. The maximum absolute atomic E-state index is 14.3. The summed E-state index contributed by atoms with van der Waals surface area (Å²) in [6.45, 7) is 17.9. The highest BCUT2D eigenvalue weighted by Crippen LogP contribution is 2.23. The standard InChI is InChI=1S/C22H27F/c1-8-18(13-21(17(6)7)12-16(4)5)19-9-10-20(11-15(2)3)22(23)14-19/h8-10,12-14H,1-2,11H2,3-7H3/b18-13+. The smallest absolute Gasteiger partial charge is 0.127 e. The van der Waals surface area contributed by atoms with Gasteiger partial charge in [-0.15, -0.1) is 0 Å². The lowest BCUT2D eigenvalue weighted by molar-refractivity contribution is 0.613. The normalized spacial score (nSPS) is 11.0. The molecule has 1 rings (SSSR count). The lowest BCUT2D eigenvalue weighted by Gasteiger charge is -2.09. The van der Waals surface area contributed by atoms with Gasteiger partial charge in [0.25, 0.3) is 0 Å². The predicted molar refractivity (Wildman–Crippen MR) is 101 cm³/mol. The molecule has 122 valence electrons. The van der Waals surface area contributed by atoms with Gasteiger partial charge in [-0.2, -0.15) is 0 Å². The van der Waals surface area contributed by atoms with Gasteiger partial charge in [0.2, 0.25) is 0 Å². The van der Waals surface area contributed by atoms with Gasteiger partial charge >= 0.3 is 0 Å². The molecule has 1 aromatic rings. The third-order valence-corrected chi connectivity index (χ3v) is 3.43. The molecular weight excluding hydrogens is 283 g/mol. The van der Waals surface area contributed by atoms with Crippen molar-refractivity contribution in [1.29, 1.82) is 0 Å². The molecule has 0 saturated heterocycles. The molecule has 23 heavy (non-hydrogen) atoms. The third kappa shape index (κ3) is 5.86. The molecule has 0 spiro atoms. The first-order valence-corrected chi connectivity index (χ1v) is 7.84. The van der Waals surface area contributed by atoms with Crippen LogP contribution < -0.4 is 0 Å². The van der Waals surface area contributed by atoms with Gasteiger partial charge in [-0.25, -0.2) is 4.39 Å². The Morgan fingerprint density at radius 1 is 1.09 bits per heavy atom. The van der Waals surface area contributed by atoms with Crippen LogP contribution in [0.25, 0.3) is 5.57 Å². The van der Waals surface area contributed by atoms with E-state index in [9.17, 15) is 4.39 Å². The van der Waals surface area contributed by atoms with E-state index in [1.165, 1.54) is 11.1 Å². The highest BCUT2D eigenvalue weighted by atomic mass is 19.1. The lowest BCUT2D eigenvalue weighted by Crippen LogP contribution is -1.94. The largest absolute Gasteiger partial charge is 0.207 e. The fourth-order valence-electron chi connectivity index (χ4n) is 2.26. The van der Waals surface area contributed by atoms with E-state index in [0.29, 0.717) is 12.0 Å². The zero-order valence-corrected chi connectivity index (χ0v) is 15.0. The van der Waals surface area contributed by atoms with E-state index in [2.05, 4.69) is 53.0 Å². The van der Waals surface area contributed by atoms with E-state index in [-0.39, 0.29) is 5.82 Å². The Balaban J connectivity index is 3.30. The van der Waals surface area contributed by atoms with Crippen molar-refractivity contribution in [1.82, 2.24) is 0 Å². The number of halogens is 1. The van der Waals surface area contributed by atoms with Crippen LogP contribution >= 0.6 is 0 Å². The molecule has 0 aliphatic carbocycles. The first-order valence-electron chi connectivity index (χ1n) is 7.84. The number of rotatable bonds is 6. The molecule has 0 fully saturated rings. The van der Waals surface area contributed by atoms with Gasteiger partial charge in [0, 0.05) is 0 Å². The summed E-state index contributed by atoms with van der Waals surface area (Å²) in [4.78, 5) is 0. The van der Waals surface area contributed by atoms with Crippen LogP contribution in [0.2, 0.25) is 0 Å². The molecule has 0 aliphatic rings. The van der Waals surface area contributed by atoms with Gasteiger partial charge in [-0.1, -0.05) is 54.2 Å². The number of benzene rings is 1. The third-order valence-electron chi connectivity index (χ3n) is 3.43. The van der Waals surface area contributed by atoms with Crippen molar-refractivity contribution in [3.05, 3.63) is 88.8 Å². The quantitative estimate of drug-likeness (QED) is 0.399. The number of hydrogen-bond donors (Lipinski definition) is 0. The van der Waals surface area contributed by atoms with E-state index in [1.54, 1.807) is 12.1 Å². The predicted octanol–water partition coefficient (Wildman–Crippen LogP) is 6.82. The van der Waals surface area contributed by atoms with Crippen molar-refractivity contribution in [3.63, 3.8) is 0 Å². The Labute approximate surface area is 140 Å². The highest BCUT2D eigenvalue weighted by molar-refractivity contribution is 5.76. The molecule has 0 radical (unpaired) electrons. The number of hydrogen-bond acceptors (Lipinski definition) is 0. The van der Waals surface area contributed by atoms with E-state index in [0.717, 1.165) is 22.3 Å². The zero-order chi connectivity index (χ0) is 17.6. The second-order valence-corrected chi connectivity index (χ2v) is 6.42. The average molecular weight is 310 g/mol. The topological polar surface area (TPSA) is 0 Å². The van der Waals surface area contributed by atoms with Crippen LogP contribution in [0.15, 0.2) is 71.9 Å². The Kier molecular flexibility index (Phi) is 6.96. The Morgan fingerprint density at radius 2 is 1.74 bits per heavy atom. The van der Waals surface area contributed by atoms with Crippen molar-refractivity contribution in [2.45, 2.75) is 41.0 Å². The van der Waals surface area contributed by atoms with E-state index in [1.807, 2.05) is 19.1 Å². The molecule has 0 bridgehead atoms. The molecule has 0 atom stereocenters. The van der Waals surface area contributed by atoms with Gasteiger partial charge in [-0.05, 0) is 75.5 Å². The first-order chi connectivity index (χ1) is 10.7. The van der Waals surface area contributed by atoms with Crippen LogP contribution in [0, 0.1) is 5.82 Å². The minimum atomic E-state index is -0.195. The van der Waals surface area contributed by atoms with Crippen molar-refractivity contribution < 1.29 is 4.39 Å². The monoisotopic (exact) mass is 310 g/mol. The molecular formula is C22H27F. The highest BCUT2D eigenvalue weighted by Gasteiger charge is 2.06. The summed E-state index contributed by atoms with van der Waals surface area (Å²) in [7, 11) is 0. The number of allylic oxidation sites excluding steroid dienone is 8. The van der Waals surface area contributed by atoms with Crippen molar-refractivity contribution in [2.24, 2.45) is 0 Å². The zero-order valence-electron chi connectivity index (χ0n) is 15.0. The van der Waals surface area contributed by atoms with Crippen molar-refractivity contribution >= 4 is 5.57 Å². The molecule has 0 unspecified atom stereocenters. The Morgan fingerprint density at radius 3 is 2.17 bits per heavy atom. The fourth-order valence-corrected chi connectivity index (χ4v) is 2.26. The van der Waals surface area contributed by atoms with Gasteiger partial charge in [0.15, 0.2) is 0 Å². The lowest BCUT2D eigenvalue weighted by atomic mass is 9.97. The summed E-state index contributed by atoms with van der Waals surface area (Å²) < 4.78 is 14.3. The minimum Gasteiger partial charge on any atom is -0.207 e. The molecule has 0 N–H and O–H groups in total. The van der Waals surface area contributed by atoms with Crippen LogP contribution in [-0.2, 0) is 6.42 Å². The summed E-state index contributed by atoms with van der Waals surface area (Å²) in [5.74, 6) is -0.195. The van der Waals surface area contributed by atoms with Gasteiger partial charge in [-0.3, -0.25) is 0 Å². The summed E-state index contributed by atoms with van der Waals surface area (Å²) in [6, 6.07) is 5.36. The Bertz CT molecular complexity index is 689. The average Bonchev–Trinajstić information content (AvgIpc) is 2.44. The molecule has 0 aliphatic heterocycles. The van der Waals surface area contributed by atoms with Crippen LogP contribution in [0.1, 0.15) is 45.7 Å². The Hall–Kier alpha value is -2.15. The fraction of sp³-hybridized carbons (Fsp3) is 0.273. The maximum Gasteiger partial charge on any atom is 0.127 e. The summed E-state index contributed by atoms with van der Waals surface area (Å²) >= 11 is 0. The molecule has 0 heterocycles.